The van der Waals surface area contributed by atoms with E-state index in [1.165, 1.54) is 11.1 Å². The van der Waals surface area contributed by atoms with E-state index in [0.717, 1.165) is 29.8 Å². The Labute approximate surface area is 120 Å². The Bertz CT molecular complexity index is 519. The molecule has 1 unspecified atom stereocenters. The molecule has 0 spiro atoms. The molecule has 2 heteroatoms. The van der Waals surface area contributed by atoms with Gasteiger partial charge in [-0.05, 0) is 42.0 Å². The van der Waals surface area contributed by atoms with Crippen molar-refractivity contribution in [1.29, 1.82) is 0 Å². The van der Waals surface area contributed by atoms with Crippen LogP contribution in [0.4, 0.5) is 0 Å². The summed E-state index contributed by atoms with van der Waals surface area (Å²) in [7, 11) is 0. The molecule has 0 aliphatic carbocycles. The van der Waals surface area contributed by atoms with Gasteiger partial charge in [0.15, 0.2) is 0 Å². The number of hydrogen-bond donors (Lipinski definition) is 1. The average Bonchev–Trinajstić information content (AvgIpc) is 2.42. The van der Waals surface area contributed by atoms with E-state index >= 15 is 0 Å². The maximum Gasteiger partial charge on any atom is 0.0438 e. The van der Waals surface area contributed by atoms with E-state index in [1.807, 2.05) is 24.3 Å². The lowest BCUT2D eigenvalue weighted by atomic mass is 9.99. The minimum atomic E-state index is 0.104. The van der Waals surface area contributed by atoms with Crippen molar-refractivity contribution in [2.45, 2.75) is 32.2 Å². The monoisotopic (exact) mass is 273 g/mol. The molecule has 100 valence electrons. The molecule has 1 atom stereocenters. The highest BCUT2D eigenvalue weighted by molar-refractivity contribution is 6.31. The summed E-state index contributed by atoms with van der Waals surface area (Å²) in [5, 5.41) is 0.805. The Balaban J connectivity index is 1.97. The molecule has 1 nitrogen and oxygen atoms in total. The summed E-state index contributed by atoms with van der Waals surface area (Å²) in [5.74, 6) is 0. The Morgan fingerprint density at radius 3 is 2.21 bits per heavy atom. The zero-order valence-corrected chi connectivity index (χ0v) is 12.0. The first-order valence-electron chi connectivity index (χ1n) is 6.76. The van der Waals surface area contributed by atoms with Crippen molar-refractivity contribution in [3.05, 3.63) is 70.2 Å². The Morgan fingerprint density at radius 1 is 0.947 bits per heavy atom. The number of benzene rings is 2. The van der Waals surface area contributed by atoms with Crippen molar-refractivity contribution in [1.82, 2.24) is 0 Å². The van der Waals surface area contributed by atoms with Crippen LogP contribution in [-0.2, 0) is 19.3 Å². The predicted octanol–water partition coefficient (Wildman–Crippen LogP) is 4.01. The molecule has 0 radical (unpaired) electrons. The number of hydrogen-bond acceptors (Lipinski definition) is 1. The van der Waals surface area contributed by atoms with Crippen molar-refractivity contribution in [2.75, 3.05) is 0 Å². The second-order valence-corrected chi connectivity index (χ2v) is 5.34. The summed E-state index contributed by atoms with van der Waals surface area (Å²) in [5.41, 5.74) is 10.00. The van der Waals surface area contributed by atoms with E-state index in [4.69, 9.17) is 17.3 Å². The predicted molar refractivity (Wildman–Crippen MR) is 82.7 cm³/mol. The van der Waals surface area contributed by atoms with Gasteiger partial charge in [-0.1, -0.05) is 61.0 Å². The highest BCUT2D eigenvalue weighted by atomic mass is 35.5. The van der Waals surface area contributed by atoms with Gasteiger partial charge in [-0.2, -0.15) is 0 Å². The van der Waals surface area contributed by atoms with Crippen LogP contribution in [0.1, 0.15) is 23.6 Å². The standard InChI is InChI=1S/C17H20ClN/c1-2-13-7-9-14(10-8-13)11-16(19)12-15-5-3-4-6-17(15)18/h3-10,16H,2,11-12,19H2,1H3. The van der Waals surface area contributed by atoms with Crippen LogP contribution < -0.4 is 5.73 Å². The fourth-order valence-electron chi connectivity index (χ4n) is 2.23. The molecule has 2 aromatic rings. The molecule has 0 aliphatic rings. The van der Waals surface area contributed by atoms with Crippen molar-refractivity contribution >= 4 is 11.6 Å². The molecule has 19 heavy (non-hydrogen) atoms. The molecule has 0 saturated carbocycles. The highest BCUT2D eigenvalue weighted by Crippen LogP contribution is 2.17. The van der Waals surface area contributed by atoms with E-state index in [9.17, 15) is 0 Å². The van der Waals surface area contributed by atoms with Crippen LogP contribution in [0.25, 0.3) is 0 Å². The molecule has 0 aromatic heterocycles. The first kappa shape index (κ1) is 14.1. The smallest absolute Gasteiger partial charge is 0.0438 e. The van der Waals surface area contributed by atoms with Crippen molar-refractivity contribution in [3.8, 4) is 0 Å². The van der Waals surface area contributed by atoms with Crippen LogP contribution in [0.15, 0.2) is 48.5 Å². The Kier molecular flexibility index (Phi) is 5.00. The number of halogens is 1. The lowest BCUT2D eigenvalue weighted by Gasteiger charge is -2.13. The second kappa shape index (κ2) is 6.74. The zero-order chi connectivity index (χ0) is 13.7. The van der Waals surface area contributed by atoms with Gasteiger partial charge in [-0.25, -0.2) is 0 Å². The van der Waals surface area contributed by atoms with Crippen LogP contribution in [0.5, 0.6) is 0 Å². The summed E-state index contributed by atoms with van der Waals surface area (Å²) in [6.45, 7) is 2.16. The average molecular weight is 274 g/mol. The van der Waals surface area contributed by atoms with Crippen molar-refractivity contribution < 1.29 is 0 Å². The molecule has 2 N–H and O–H groups in total. The molecule has 0 fully saturated rings. The van der Waals surface area contributed by atoms with E-state index in [1.54, 1.807) is 0 Å². The first-order valence-corrected chi connectivity index (χ1v) is 7.13. The van der Waals surface area contributed by atoms with Gasteiger partial charge in [0.1, 0.15) is 0 Å². The molecule has 2 rings (SSSR count). The third-order valence-corrected chi connectivity index (χ3v) is 3.74. The molecule has 0 saturated heterocycles. The molecule has 0 bridgehead atoms. The largest absolute Gasteiger partial charge is 0.327 e. The van der Waals surface area contributed by atoms with Gasteiger partial charge in [-0.15, -0.1) is 0 Å². The lowest BCUT2D eigenvalue weighted by molar-refractivity contribution is 0.665. The van der Waals surface area contributed by atoms with Crippen LogP contribution in [0, 0.1) is 0 Å². The van der Waals surface area contributed by atoms with E-state index in [-0.39, 0.29) is 6.04 Å². The van der Waals surface area contributed by atoms with Gasteiger partial charge in [0, 0.05) is 11.1 Å². The normalized spacial score (nSPS) is 12.4. The number of nitrogens with two attached hydrogens (primary N) is 1. The molecule has 2 aromatic carbocycles. The Hall–Kier alpha value is -1.31. The van der Waals surface area contributed by atoms with Gasteiger partial charge < -0.3 is 5.73 Å². The number of aryl methyl sites for hydroxylation is 1. The van der Waals surface area contributed by atoms with Crippen LogP contribution in [0.2, 0.25) is 5.02 Å². The minimum absolute atomic E-state index is 0.104. The number of rotatable bonds is 5. The van der Waals surface area contributed by atoms with Gasteiger partial charge in [-0.3, -0.25) is 0 Å². The Morgan fingerprint density at radius 2 is 1.58 bits per heavy atom. The van der Waals surface area contributed by atoms with Crippen LogP contribution in [0.3, 0.4) is 0 Å². The maximum absolute atomic E-state index is 6.22. The quantitative estimate of drug-likeness (QED) is 0.875. The third kappa shape index (κ3) is 4.09. The van der Waals surface area contributed by atoms with E-state index in [2.05, 4.69) is 31.2 Å². The fourth-order valence-corrected chi connectivity index (χ4v) is 2.45. The molecular weight excluding hydrogens is 254 g/mol. The van der Waals surface area contributed by atoms with E-state index in [0.29, 0.717) is 0 Å². The summed E-state index contributed by atoms with van der Waals surface area (Å²) in [6.07, 6.45) is 2.77. The van der Waals surface area contributed by atoms with Gasteiger partial charge in [0.2, 0.25) is 0 Å². The fraction of sp³-hybridized carbons (Fsp3) is 0.294. The molecule has 0 heterocycles. The van der Waals surface area contributed by atoms with E-state index < -0.39 is 0 Å². The minimum Gasteiger partial charge on any atom is -0.327 e. The SMILES string of the molecule is CCc1ccc(CC(N)Cc2ccccc2Cl)cc1. The second-order valence-electron chi connectivity index (χ2n) is 4.93. The zero-order valence-electron chi connectivity index (χ0n) is 11.3. The third-order valence-electron chi connectivity index (χ3n) is 3.37. The summed E-state index contributed by atoms with van der Waals surface area (Å²) in [4.78, 5) is 0. The highest BCUT2D eigenvalue weighted by Gasteiger charge is 2.08. The van der Waals surface area contributed by atoms with Gasteiger partial charge >= 0.3 is 0 Å². The molecular formula is C17H20ClN. The van der Waals surface area contributed by atoms with Crippen molar-refractivity contribution in [3.63, 3.8) is 0 Å². The lowest BCUT2D eigenvalue weighted by Crippen LogP contribution is -2.25. The van der Waals surface area contributed by atoms with Crippen LogP contribution in [-0.4, -0.2) is 6.04 Å². The van der Waals surface area contributed by atoms with Gasteiger partial charge in [0.05, 0.1) is 0 Å². The van der Waals surface area contributed by atoms with Crippen LogP contribution >= 0.6 is 11.6 Å². The maximum atomic E-state index is 6.22. The summed E-state index contributed by atoms with van der Waals surface area (Å²) < 4.78 is 0. The summed E-state index contributed by atoms with van der Waals surface area (Å²) >= 11 is 6.16. The topological polar surface area (TPSA) is 26.0 Å². The summed E-state index contributed by atoms with van der Waals surface area (Å²) in [6, 6.07) is 16.7. The van der Waals surface area contributed by atoms with Crippen molar-refractivity contribution in [2.24, 2.45) is 5.73 Å². The van der Waals surface area contributed by atoms with Gasteiger partial charge in [0.25, 0.3) is 0 Å². The first-order chi connectivity index (χ1) is 9.19. The molecule has 0 amide bonds. The molecule has 0 aliphatic heterocycles.